The maximum Gasteiger partial charge on any atom is 0.188 e. The van der Waals surface area contributed by atoms with Crippen molar-refractivity contribution in [2.45, 2.75) is 19.8 Å². The van der Waals surface area contributed by atoms with Crippen LogP contribution in [0.5, 0.6) is 0 Å². The van der Waals surface area contributed by atoms with Gasteiger partial charge in [-0.25, -0.2) is 9.97 Å². The molecule has 0 spiro atoms. The Hall–Kier alpha value is -2.43. The van der Waals surface area contributed by atoms with E-state index in [1.807, 2.05) is 44.2 Å². The molecule has 0 radical (unpaired) electrons. The predicted molar refractivity (Wildman–Crippen MR) is 74.1 cm³/mol. The Morgan fingerprint density at radius 3 is 2.47 bits per heavy atom. The fraction of sp³-hybridized carbons (Fsp3) is 0.214. The van der Waals surface area contributed by atoms with Crippen molar-refractivity contribution in [3.05, 3.63) is 47.9 Å². The lowest BCUT2D eigenvalue weighted by molar-refractivity contribution is 0.318. The molecule has 2 aromatic rings. The van der Waals surface area contributed by atoms with Crippen molar-refractivity contribution in [1.29, 1.82) is 0 Å². The third-order valence-corrected chi connectivity index (χ3v) is 2.70. The van der Waals surface area contributed by atoms with Gasteiger partial charge in [-0.05, 0) is 6.07 Å². The second-order valence-electron chi connectivity index (χ2n) is 4.50. The predicted octanol–water partition coefficient (Wildman–Crippen LogP) is 2.36. The molecule has 1 aromatic heterocycles. The molecule has 0 atom stereocenters. The molecule has 0 amide bonds. The summed E-state index contributed by atoms with van der Waals surface area (Å²) < 4.78 is 0. The number of oxime groups is 1. The highest BCUT2D eigenvalue weighted by molar-refractivity contribution is 5.96. The molecule has 1 aromatic carbocycles. The highest BCUT2D eigenvalue weighted by Gasteiger charge is 2.11. The molecule has 0 fully saturated rings. The zero-order chi connectivity index (χ0) is 13.8. The highest BCUT2D eigenvalue weighted by atomic mass is 16.4. The van der Waals surface area contributed by atoms with Crippen molar-refractivity contribution < 1.29 is 5.21 Å². The van der Waals surface area contributed by atoms with Crippen LogP contribution in [0.4, 0.5) is 0 Å². The first-order chi connectivity index (χ1) is 9.11. The van der Waals surface area contributed by atoms with Gasteiger partial charge in [-0.1, -0.05) is 49.3 Å². The smallest absolute Gasteiger partial charge is 0.188 e. The van der Waals surface area contributed by atoms with Gasteiger partial charge in [-0.3, -0.25) is 0 Å². The maximum absolute atomic E-state index is 8.78. The van der Waals surface area contributed by atoms with Gasteiger partial charge in [0.05, 0.1) is 5.69 Å². The number of aromatic nitrogens is 2. The first-order valence-corrected chi connectivity index (χ1v) is 6.04. The molecule has 98 valence electrons. The van der Waals surface area contributed by atoms with Crippen LogP contribution in [0, 0.1) is 0 Å². The molecule has 5 heteroatoms. The Morgan fingerprint density at radius 1 is 1.21 bits per heavy atom. The molecule has 0 saturated carbocycles. The van der Waals surface area contributed by atoms with Gasteiger partial charge in [-0.2, -0.15) is 0 Å². The van der Waals surface area contributed by atoms with Crippen LogP contribution in [0.1, 0.15) is 31.3 Å². The van der Waals surface area contributed by atoms with Crippen LogP contribution < -0.4 is 5.73 Å². The SMILES string of the molecule is CC(C)c1nc(/C(N)=N/O)cc(-c2ccccc2)n1. The van der Waals surface area contributed by atoms with E-state index in [1.165, 1.54) is 0 Å². The van der Waals surface area contributed by atoms with E-state index in [0.717, 1.165) is 11.3 Å². The quantitative estimate of drug-likeness (QED) is 0.382. The van der Waals surface area contributed by atoms with Crippen LogP contribution in [-0.2, 0) is 0 Å². The molecule has 0 saturated heterocycles. The third kappa shape index (κ3) is 2.88. The standard InChI is InChI=1S/C14H16N4O/c1-9(2)14-16-11(10-6-4-3-5-7-10)8-12(17-14)13(15)18-19/h3-9,19H,1-2H3,(H2,15,18). The van der Waals surface area contributed by atoms with Gasteiger partial charge < -0.3 is 10.9 Å². The molecular weight excluding hydrogens is 240 g/mol. The fourth-order valence-corrected chi connectivity index (χ4v) is 1.66. The topological polar surface area (TPSA) is 84.4 Å². The second kappa shape index (κ2) is 5.48. The second-order valence-corrected chi connectivity index (χ2v) is 4.50. The Balaban J connectivity index is 2.58. The Labute approximate surface area is 111 Å². The van der Waals surface area contributed by atoms with E-state index in [0.29, 0.717) is 11.5 Å². The molecule has 0 aliphatic rings. The molecule has 0 aliphatic carbocycles. The fourth-order valence-electron chi connectivity index (χ4n) is 1.66. The summed E-state index contributed by atoms with van der Waals surface area (Å²) in [6.07, 6.45) is 0. The largest absolute Gasteiger partial charge is 0.409 e. The van der Waals surface area contributed by atoms with Crippen LogP contribution >= 0.6 is 0 Å². The first-order valence-electron chi connectivity index (χ1n) is 6.04. The average molecular weight is 256 g/mol. The van der Waals surface area contributed by atoms with Gasteiger partial charge in [0.1, 0.15) is 11.5 Å². The van der Waals surface area contributed by atoms with E-state index < -0.39 is 0 Å². The number of rotatable bonds is 3. The summed E-state index contributed by atoms with van der Waals surface area (Å²) in [5.74, 6) is 0.818. The molecule has 3 N–H and O–H groups in total. The van der Waals surface area contributed by atoms with Gasteiger partial charge in [0.15, 0.2) is 5.84 Å². The lowest BCUT2D eigenvalue weighted by atomic mass is 10.1. The number of hydrogen-bond donors (Lipinski definition) is 2. The van der Waals surface area contributed by atoms with E-state index in [9.17, 15) is 0 Å². The van der Waals surface area contributed by atoms with E-state index in [4.69, 9.17) is 10.9 Å². The summed E-state index contributed by atoms with van der Waals surface area (Å²) in [5.41, 5.74) is 7.79. The summed E-state index contributed by atoms with van der Waals surface area (Å²) in [5, 5.41) is 11.8. The third-order valence-electron chi connectivity index (χ3n) is 2.70. The van der Waals surface area contributed by atoms with Gasteiger partial charge in [-0.15, -0.1) is 0 Å². The molecule has 0 bridgehead atoms. The molecule has 0 unspecified atom stereocenters. The van der Waals surface area contributed by atoms with Crippen molar-refractivity contribution in [2.75, 3.05) is 0 Å². The molecule has 5 nitrogen and oxygen atoms in total. The van der Waals surface area contributed by atoms with Gasteiger partial charge >= 0.3 is 0 Å². The highest BCUT2D eigenvalue weighted by Crippen LogP contribution is 2.20. The summed E-state index contributed by atoms with van der Waals surface area (Å²) in [4.78, 5) is 8.82. The number of nitrogens with two attached hydrogens (primary N) is 1. The Morgan fingerprint density at radius 2 is 1.89 bits per heavy atom. The van der Waals surface area contributed by atoms with Gasteiger partial charge in [0.2, 0.25) is 0 Å². The zero-order valence-electron chi connectivity index (χ0n) is 10.9. The van der Waals surface area contributed by atoms with Crippen LogP contribution in [0.3, 0.4) is 0 Å². The average Bonchev–Trinajstić information content (AvgIpc) is 2.46. The summed E-state index contributed by atoms with van der Waals surface area (Å²) >= 11 is 0. The van der Waals surface area contributed by atoms with Gasteiger partial charge in [0, 0.05) is 11.5 Å². The van der Waals surface area contributed by atoms with E-state index in [2.05, 4.69) is 15.1 Å². The minimum atomic E-state index is -0.0125. The van der Waals surface area contributed by atoms with Crippen LogP contribution in [0.25, 0.3) is 11.3 Å². The summed E-state index contributed by atoms with van der Waals surface area (Å²) in [6.45, 7) is 4.00. The number of hydrogen-bond acceptors (Lipinski definition) is 4. The molecule has 1 heterocycles. The van der Waals surface area contributed by atoms with Crippen molar-refractivity contribution in [3.63, 3.8) is 0 Å². The van der Waals surface area contributed by atoms with Crippen molar-refractivity contribution >= 4 is 5.84 Å². The molecule has 2 rings (SSSR count). The minimum Gasteiger partial charge on any atom is -0.409 e. The number of benzene rings is 1. The van der Waals surface area contributed by atoms with E-state index >= 15 is 0 Å². The maximum atomic E-state index is 8.78. The van der Waals surface area contributed by atoms with Crippen molar-refractivity contribution in [1.82, 2.24) is 9.97 Å². The summed E-state index contributed by atoms with van der Waals surface area (Å²) in [6, 6.07) is 11.5. The monoisotopic (exact) mass is 256 g/mol. The lowest BCUT2D eigenvalue weighted by Gasteiger charge is -2.09. The first kappa shape index (κ1) is 13.0. The molecular formula is C14H16N4O. The Bertz CT molecular complexity index is 594. The lowest BCUT2D eigenvalue weighted by Crippen LogP contribution is -2.17. The van der Waals surface area contributed by atoms with Crippen LogP contribution in [0.15, 0.2) is 41.6 Å². The zero-order valence-corrected chi connectivity index (χ0v) is 10.9. The van der Waals surface area contributed by atoms with Gasteiger partial charge in [0.25, 0.3) is 0 Å². The number of nitrogens with zero attached hydrogens (tertiary/aromatic N) is 3. The normalized spacial score (nSPS) is 11.8. The molecule has 19 heavy (non-hydrogen) atoms. The van der Waals surface area contributed by atoms with E-state index in [1.54, 1.807) is 6.07 Å². The molecule has 0 aliphatic heterocycles. The van der Waals surface area contributed by atoms with Crippen molar-refractivity contribution in [3.8, 4) is 11.3 Å². The number of amidine groups is 1. The van der Waals surface area contributed by atoms with E-state index in [-0.39, 0.29) is 11.8 Å². The van der Waals surface area contributed by atoms with Crippen LogP contribution in [0.2, 0.25) is 0 Å². The Kier molecular flexibility index (Phi) is 3.75. The van der Waals surface area contributed by atoms with Crippen molar-refractivity contribution in [2.24, 2.45) is 10.9 Å². The van der Waals surface area contributed by atoms with Crippen LogP contribution in [-0.4, -0.2) is 21.0 Å². The minimum absolute atomic E-state index is 0.0125. The summed E-state index contributed by atoms with van der Waals surface area (Å²) in [7, 11) is 0.